The minimum Gasteiger partial charge on any atom is -0.456 e. The van der Waals surface area contributed by atoms with Crippen LogP contribution in [0.4, 0.5) is 0 Å². The van der Waals surface area contributed by atoms with Gasteiger partial charge in [-0.25, -0.2) is 0 Å². The first-order valence-corrected chi connectivity index (χ1v) is 21.0. The lowest BCUT2D eigenvalue weighted by Gasteiger charge is -2.07. The highest BCUT2D eigenvalue weighted by Gasteiger charge is 2.17. The fourth-order valence-corrected chi connectivity index (χ4v) is 9.31. The summed E-state index contributed by atoms with van der Waals surface area (Å²) in [4.78, 5) is 18.7. The molecule has 0 atom stereocenters. The largest absolute Gasteiger partial charge is 0.456 e. The van der Waals surface area contributed by atoms with E-state index in [9.17, 15) is 0 Å². The second kappa shape index (κ2) is 13.3. The lowest BCUT2D eigenvalue weighted by atomic mass is 9.97. The van der Waals surface area contributed by atoms with Gasteiger partial charge >= 0.3 is 0 Å². The molecule has 14 rings (SSSR count). The molecule has 0 unspecified atom stereocenters. The molecule has 0 saturated heterocycles. The van der Waals surface area contributed by atoms with Crippen molar-refractivity contribution >= 4 is 88.0 Å². The summed E-state index contributed by atoms with van der Waals surface area (Å²) in [6, 6.07) is 52.2. The Balaban J connectivity index is 0.766. The van der Waals surface area contributed by atoms with Crippen molar-refractivity contribution in [2.75, 3.05) is 0 Å². The average Bonchev–Trinajstić information content (AvgIpc) is 4.12. The molecule has 0 N–H and O–H groups in total. The molecule has 14 aromatic rings. The molecule has 8 nitrogen and oxygen atoms in total. The van der Waals surface area contributed by atoms with Gasteiger partial charge in [-0.3, -0.25) is 19.9 Å². The number of rotatable bonds is 5. The van der Waals surface area contributed by atoms with Gasteiger partial charge in [0.15, 0.2) is 11.2 Å². The van der Waals surface area contributed by atoms with Gasteiger partial charge in [0, 0.05) is 74.9 Å². The fourth-order valence-electron chi connectivity index (χ4n) is 9.31. The predicted octanol–water partition coefficient (Wildman–Crippen LogP) is 15.2. The van der Waals surface area contributed by atoms with Gasteiger partial charge in [-0.2, -0.15) is 0 Å². The van der Waals surface area contributed by atoms with Crippen molar-refractivity contribution in [2.24, 2.45) is 0 Å². The second-order valence-electron chi connectivity index (χ2n) is 16.3. The summed E-state index contributed by atoms with van der Waals surface area (Å²) in [5, 5.41) is 5.98. The maximum atomic E-state index is 6.42. The molecule has 0 fully saturated rings. The molecule has 0 amide bonds. The number of hydrogen-bond acceptors (Lipinski definition) is 8. The van der Waals surface area contributed by atoms with Crippen molar-refractivity contribution < 1.29 is 17.7 Å². The van der Waals surface area contributed by atoms with Crippen LogP contribution < -0.4 is 0 Å². The van der Waals surface area contributed by atoms with E-state index in [1.165, 1.54) is 0 Å². The van der Waals surface area contributed by atoms with Gasteiger partial charge in [0.1, 0.15) is 44.5 Å². The van der Waals surface area contributed by atoms with E-state index in [-0.39, 0.29) is 0 Å². The summed E-state index contributed by atoms with van der Waals surface area (Å²) in [5.74, 6) is 0. The van der Waals surface area contributed by atoms with Crippen molar-refractivity contribution in [3.8, 4) is 55.8 Å². The topological polar surface area (TPSA) is 104 Å². The molecule has 0 bridgehead atoms. The summed E-state index contributed by atoms with van der Waals surface area (Å²) in [6.45, 7) is 0. The summed E-state index contributed by atoms with van der Waals surface area (Å²) in [7, 11) is 0. The molecule has 0 aliphatic carbocycles. The normalized spacial score (nSPS) is 12.1. The molecule has 0 aliphatic rings. The third kappa shape index (κ3) is 5.42. The monoisotopic (exact) mass is 822 g/mol. The summed E-state index contributed by atoms with van der Waals surface area (Å²) < 4.78 is 24.9. The number of fused-ring (bicyclic) bond motifs is 12. The fraction of sp³-hybridized carbons (Fsp3) is 0. The summed E-state index contributed by atoms with van der Waals surface area (Å²) in [6.07, 6.45) is 9.17. The van der Waals surface area contributed by atoms with Crippen LogP contribution in [0.3, 0.4) is 0 Å². The standard InChI is InChI=1S/C56H30N4O4/c1-4-31(35-9-13-47-40(22-35)44-29-57-19-17-51(44)61-47)20-32(5-1)36-10-14-48-41(23-36)45-30-59-46(27-53(45)63-48)39-26-54-56(60-28-39)43-25-38(12-16-50(43)64-54)34-7-2-6-33(21-34)37-11-15-49-42(24-37)55-52(62-49)8-3-18-58-55/h1-30H. The van der Waals surface area contributed by atoms with Gasteiger partial charge in [0.05, 0.1) is 5.69 Å². The number of hydrogen-bond donors (Lipinski definition) is 0. The van der Waals surface area contributed by atoms with Crippen LogP contribution in [0.1, 0.15) is 0 Å². The molecule has 64 heavy (non-hydrogen) atoms. The van der Waals surface area contributed by atoms with Crippen LogP contribution in [0.25, 0.3) is 144 Å². The van der Waals surface area contributed by atoms with E-state index in [0.29, 0.717) is 5.58 Å². The van der Waals surface area contributed by atoms with Crippen LogP contribution in [0, 0.1) is 0 Å². The van der Waals surface area contributed by atoms with E-state index in [1.807, 2.05) is 73.2 Å². The lowest BCUT2D eigenvalue weighted by Crippen LogP contribution is -1.85. The zero-order chi connectivity index (χ0) is 41.9. The van der Waals surface area contributed by atoms with Gasteiger partial charge < -0.3 is 17.7 Å². The highest BCUT2D eigenvalue weighted by atomic mass is 16.3. The van der Waals surface area contributed by atoms with Crippen LogP contribution >= 0.6 is 0 Å². The Hall–Kier alpha value is -8.88. The van der Waals surface area contributed by atoms with Crippen molar-refractivity contribution in [1.82, 2.24) is 19.9 Å². The molecular weight excluding hydrogens is 793 g/mol. The maximum absolute atomic E-state index is 6.42. The number of benzene rings is 6. The Morgan fingerprint density at radius 1 is 0.266 bits per heavy atom. The van der Waals surface area contributed by atoms with E-state index in [1.54, 1.807) is 12.4 Å². The lowest BCUT2D eigenvalue weighted by molar-refractivity contribution is 0.667. The van der Waals surface area contributed by atoms with E-state index in [4.69, 9.17) is 27.6 Å². The number of furan rings is 4. The first kappa shape index (κ1) is 34.8. The van der Waals surface area contributed by atoms with Crippen molar-refractivity contribution in [3.63, 3.8) is 0 Å². The molecule has 0 aliphatic heterocycles. The third-order valence-corrected chi connectivity index (χ3v) is 12.5. The number of nitrogens with zero attached hydrogens (tertiary/aromatic N) is 4. The van der Waals surface area contributed by atoms with Gasteiger partial charge in [-0.05, 0) is 129 Å². The zero-order valence-corrected chi connectivity index (χ0v) is 33.7. The Kier molecular flexibility index (Phi) is 7.23. The van der Waals surface area contributed by atoms with Gasteiger partial charge in [-0.1, -0.05) is 60.7 Å². The molecule has 8 heterocycles. The first-order valence-electron chi connectivity index (χ1n) is 21.0. The van der Waals surface area contributed by atoms with Crippen LogP contribution in [0.5, 0.6) is 0 Å². The molecule has 0 spiro atoms. The van der Waals surface area contributed by atoms with Crippen LogP contribution in [-0.4, -0.2) is 19.9 Å². The van der Waals surface area contributed by atoms with E-state index in [0.717, 1.165) is 138 Å². The Morgan fingerprint density at radius 2 is 0.766 bits per heavy atom. The van der Waals surface area contributed by atoms with Crippen LogP contribution in [0.2, 0.25) is 0 Å². The summed E-state index contributed by atoms with van der Waals surface area (Å²) >= 11 is 0. The molecular formula is C56H30N4O4. The highest BCUT2D eigenvalue weighted by Crippen LogP contribution is 2.39. The van der Waals surface area contributed by atoms with Gasteiger partial charge in [0.2, 0.25) is 0 Å². The SMILES string of the molecule is c1cc(-c2ccc3oc4ccncc4c3c2)cc(-c2ccc3oc4cc(-c5cnc6c(c5)oc5ccc(-c7cccc(-c8ccc9oc%10cccnc%10c9c8)c7)cc56)ncc4c3c2)c1. The van der Waals surface area contributed by atoms with Crippen LogP contribution in [0.15, 0.2) is 200 Å². The van der Waals surface area contributed by atoms with Crippen molar-refractivity contribution in [1.29, 1.82) is 0 Å². The minimum atomic E-state index is 0.695. The first-order chi connectivity index (χ1) is 31.6. The Bertz CT molecular complexity index is 3960. The van der Waals surface area contributed by atoms with E-state index < -0.39 is 0 Å². The Labute approximate surface area is 362 Å². The average molecular weight is 823 g/mol. The molecule has 298 valence electrons. The van der Waals surface area contributed by atoms with Gasteiger partial charge in [0.25, 0.3) is 0 Å². The molecule has 8 heteroatoms. The zero-order valence-electron chi connectivity index (χ0n) is 33.7. The number of pyridine rings is 4. The third-order valence-electron chi connectivity index (χ3n) is 12.5. The second-order valence-corrected chi connectivity index (χ2v) is 16.3. The highest BCUT2D eigenvalue weighted by molar-refractivity contribution is 6.09. The number of aromatic nitrogens is 4. The molecule has 6 aromatic carbocycles. The quantitative estimate of drug-likeness (QED) is 0.169. The molecule has 0 radical (unpaired) electrons. The van der Waals surface area contributed by atoms with Crippen molar-refractivity contribution in [3.05, 3.63) is 183 Å². The van der Waals surface area contributed by atoms with Gasteiger partial charge in [-0.15, -0.1) is 0 Å². The molecule has 0 saturated carbocycles. The molecule has 8 aromatic heterocycles. The smallest absolute Gasteiger partial charge is 0.154 e. The maximum Gasteiger partial charge on any atom is 0.154 e. The predicted molar refractivity (Wildman–Crippen MR) is 254 cm³/mol. The summed E-state index contributed by atoms with van der Waals surface area (Å²) in [5.41, 5.74) is 18.4. The minimum absolute atomic E-state index is 0.695. The Morgan fingerprint density at radius 3 is 1.41 bits per heavy atom. The van der Waals surface area contributed by atoms with Crippen molar-refractivity contribution in [2.45, 2.75) is 0 Å². The van der Waals surface area contributed by atoms with E-state index >= 15 is 0 Å². The van der Waals surface area contributed by atoms with E-state index in [2.05, 4.69) is 107 Å². The van der Waals surface area contributed by atoms with Crippen LogP contribution in [-0.2, 0) is 0 Å².